The minimum absolute atomic E-state index is 0.278. The molecule has 24 heavy (non-hydrogen) atoms. The molecular formula is C14H15ClF2N2O5. The number of hydrogen-bond donors (Lipinski definition) is 3. The molecule has 3 N–H and O–H groups in total. The molecule has 2 amide bonds. The highest BCUT2D eigenvalue weighted by atomic mass is 35.5. The second kappa shape index (κ2) is 6.40. The smallest absolute Gasteiger partial charge is 0.369 e. The van der Waals surface area contributed by atoms with Crippen LogP contribution in [0, 0.1) is 5.92 Å². The molecule has 0 bridgehead atoms. The number of methoxy groups -OCH3 is 2. The van der Waals surface area contributed by atoms with E-state index in [0.29, 0.717) is 5.75 Å². The van der Waals surface area contributed by atoms with Crippen molar-refractivity contribution in [3.05, 3.63) is 29.8 Å². The number of carbonyl (C=O) groups is 2. The summed E-state index contributed by atoms with van der Waals surface area (Å²) in [7, 11) is 2.40. The van der Waals surface area contributed by atoms with Gasteiger partial charge in [-0.2, -0.15) is 8.78 Å². The number of hydrogen-bond acceptors (Lipinski definition) is 5. The molecule has 7 nitrogen and oxygen atoms in total. The van der Waals surface area contributed by atoms with E-state index < -0.39 is 35.1 Å². The average Bonchev–Trinajstić information content (AvgIpc) is 2.52. The average molecular weight is 365 g/mol. The lowest BCUT2D eigenvalue weighted by Gasteiger charge is -2.45. The zero-order valence-electron chi connectivity index (χ0n) is 12.7. The minimum Gasteiger partial charge on any atom is -0.497 e. The maximum atomic E-state index is 13.8. The number of alkyl halides is 3. The standard InChI is InChI=1S/C14H15ClF2N2O5/c1-23-8-5-3-7(4-6-8)10-9(11(20)24-2)13(22,14(15,16)17)19-12(21)18-10/h3-6,9-10,22H,1-2H3,(H2,18,19,21)/t9-,10+,13+/m1/s1. The predicted octanol–water partition coefficient (Wildman–Crippen LogP) is 1.36. The number of nitrogens with one attached hydrogen (secondary N) is 2. The molecule has 0 aromatic heterocycles. The number of amides is 2. The summed E-state index contributed by atoms with van der Waals surface area (Å²) in [5.74, 6) is -2.60. The lowest BCUT2D eigenvalue weighted by Crippen LogP contribution is -2.72. The van der Waals surface area contributed by atoms with Crippen LogP contribution in [0.15, 0.2) is 24.3 Å². The fraction of sp³-hybridized carbons (Fsp3) is 0.429. The minimum atomic E-state index is -4.33. The third-order valence-corrected chi connectivity index (χ3v) is 4.02. The van der Waals surface area contributed by atoms with Crippen LogP contribution >= 0.6 is 11.6 Å². The summed E-state index contributed by atoms with van der Waals surface area (Å²) in [6.07, 6.45) is 0. The molecule has 1 saturated heterocycles. The van der Waals surface area contributed by atoms with Crippen molar-refractivity contribution in [3.8, 4) is 5.75 Å². The van der Waals surface area contributed by atoms with Crippen molar-refractivity contribution in [1.82, 2.24) is 10.6 Å². The molecule has 0 radical (unpaired) electrons. The van der Waals surface area contributed by atoms with E-state index in [0.717, 1.165) is 7.11 Å². The number of ether oxygens (including phenoxy) is 2. The summed E-state index contributed by atoms with van der Waals surface area (Å²) in [6, 6.07) is 3.52. The van der Waals surface area contributed by atoms with E-state index in [1.807, 2.05) is 0 Å². The van der Waals surface area contributed by atoms with Crippen LogP contribution in [0.2, 0.25) is 0 Å². The number of urea groups is 1. The molecular weight excluding hydrogens is 350 g/mol. The summed E-state index contributed by atoms with van der Waals surface area (Å²) in [4.78, 5) is 23.8. The Kier molecular flexibility index (Phi) is 4.86. The van der Waals surface area contributed by atoms with E-state index in [4.69, 9.17) is 16.3 Å². The lowest BCUT2D eigenvalue weighted by atomic mass is 9.82. The van der Waals surface area contributed by atoms with Gasteiger partial charge in [-0.1, -0.05) is 12.1 Å². The SMILES string of the molecule is COC(=O)[C@H]1[C@H](c2ccc(OC)cc2)NC(=O)N[C@@]1(O)C(F)(F)Cl. The molecule has 0 spiro atoms. The van der Waals surface area contributed by atoms with Gasteiger partial charge in [-0.25, -0.2) is 4.79 Å². The third kappa shape index (κ3) is 3.09. The van der Waals surface area contributed by atoms with E-state index in [1.165, 1.54) is 31.4 Å². The van der Waals surface area contributed by atoms with E-state index in [2.05, 4.69) is 10.1 Å². The number of rotatable bonds is 4. The molecule has 2 rings (SSSR count). The molecule has 132 valence electrons. The van der Waals surface area contributed by atoms with Crippen LogP contribution in [-0.2, 0) is 9.53 Å². The van der Waals surface area contributed by atoms with Gasteiger partial charge in [0, 0.05) is 0 Å². The largest absolute Gasteiger partial charge is 0.497 e. The zero-order chi connectivity index (χ0) is 18.1. The zero-order valence-corrected chi connectivity index (χ0v) is 13.4. The lowest BCUT2D eigenvalue weighted by molar-refractivity contribution is -0.201. The molecule has 10 heteroatoms. The van der Waals surface area contributed by atoms with Gasteiger partial charge in [0.05, 0.1) is 20.3 Å². The van der Waals surface area contributed by atoms with Crippen molar-refractivity contribution < 1.29 is 33.0 Å². The first-order valence-corrected chi connectivity index (χ1v) is 7.11. The summed E-state index contributed by atoms with van der Waals surface area (Å²) >= 11 is 4.96. The quantitative estimate of drug-likeness (QED) is 0.553. The van der Waals surface area contributed by atoms with Gasteiger partial charge in [-0.05, 0) is 29.3 Å². The molecule has 0 aliphatic carbocycles. The van der Waals surface area contributed by atoms with Crippen molar-refractivity contribution >= 4 is 23.6 Å². The molecule has 1 heterocycles. The Morgan fingerprint density at radius 2 is 1.92 bits per heavy atom. The topological polar surface area (TPSA) is 96.9 Å². The van der Waals surface area contributed by atoms with Crippen molar-refractivity contribution in [2.75, 3.05) is 14.2 Å². The predicted molar refractivity (Wildman–Crippen MR) is 78.7 cm³/mol. The Hall–Kier alpha value is -2.13. The highest BCUT2D eigenvalue weighted by Crippen LogP contribution is 2.44. The first-order valence-electron chi connectivity index (χ1n) is 6.73. The molecule has 1 aliphatic rings. The summed E-state index contributed by atoms with van der Waals surface area (Å²) in [5.41, 5.74) is -3.06. The molecule has 1 fully saturated rings. The van der Waals surface area contributed by atoms with Crippen LogP contribution in [0.25, 0.3) is 0 Å². The maximum absolute atomic E-state index is 13.8. The molecule has 1 aromatic rings. The molecule has 1 aromatic carbocycles. The number of benzene rings is 1. The van der Waals surface area contributed by atoms with Gasteiger partial charge in [0.1, 0.15) is 11.7 Å². The summed E-state index contributed by atoms with van der Waals surface area (Å²) in [5, 5.41) is 9.90. The highest BCUT2D eigenvalue weighted by molar-refractivity contribution is 6.22. The van der Waals surface area contributed by atoms with Gasteiger partial charge < -0.3 is 25.2 Å². The first-order chi connectivity index (χ1) is 11.1. The molecule has 0 saturated carbocycles. The third-order valence-electron chi connectivity index (χ3n) is 3.74. The fourth-order valence-corrected chi connectivity index (χ4v) is 2.69. The van der Waals surface area contributed by atoms with Crippen LogP contribution in [-0.4, -0.2) is 42.4 Å². The first kappa shape index (κ1) is 18.2. The van der Waals surface area contributed by atoms with Crippen molar-refractivity contribution in [2.45, 2.75) is 17.1 Å². The van der Waals surface area contributed by atoms with Gasteiger partial charge in [-0.15, -0.1) is 0 Å². The summed E-state index contributed by atoms with van der Waals surface area (Å²) < 4.78 is 37.0. The highest BCUT2D eigenvalue weighted by Gasteiger charge is 2.65. The number of aliphatic hydroxyl groups is 1. The monoisotopic (exact) mass is 364 g/mol. The van der Waals surface area contributed by atoms with Gasteiger partial charge in [0.25, 0.3) is 0 Å². The Morgan fingerprint density at radius 1 is 1.33 bits per heavy atom. The van der Waals surface area contributed by atoms with Crippen LogP contribution < -0.4 is 15.4 Å². The van der Waals surface area contributed by atoms with Crippen LogP contribution in [0.3, 0.4) is 0 Å². The van der Waals surface area contributed by atoms with Crippen LogP contribution in [0.1, 0.15) is 11.6 Å². The van der Waals surface area contributed by atoms with Gasteiger partial charge >= 0.3 is 17.4 Å². The van der Waals surface area contributed by atoms with Crippen molar-refractivity contribution in [3.63, 3.8) is 0 Å². The second-order valence-corrected chi connectivity index (χ2v) is 5.59. The molecule has 0 unspecified atom stereocenters. The van der Waals surface area contributed by atoms with Gasteiger partial charge in [-0.3, -0.25) is 4.79 Å². The van der Waals surface area contributed by atoms with Gasteiger partial charge in [0.2, 0.25) is 5.72 Å². The van der Waals surface area contributed by atoms with E-state index in [1.54, 1.807) is 5.32 Å². The Balaban J connectivity index is 2.53. The number of esters is 1. The van der Waals surface area contributed by atoms with E-state index >= 15 is 0 Å². The normalized spacial score (nSPS) is 27.0. The molecule has 1 aliphatic heterocycles. The fourth-order valence-electron chi connectivity index (χ4n) is 2.52. The molecule has 3 atom stereocenters. The van der Waals surface area contributed by atoms with E-state index in [9.17, 15) is 23.5 Å². The van der Waals surface area contributed by atoms with E-state index in [-0.39, 0.29) is 5.56 Å². The van der Waals surface area contributed by atoms with Crippen LogP contribution in [0.5, 0.6) is 5.75 Å². The Bertz CT molecular complexity index is 637. The van der Waals surface area contributed by atoms with Crippen molar-refractivity contribution in [2.24, 2.45) is 5.92 Å². The van der Waals surface area contributed by atoms with Crippen LogP contribution in [0.4, 0.5) is 13.6 Å². The summed E-state index contributed by atoms with van der Waals surface area (Å²) in [6.45, 7) is 0. The number of carbonyl (C=O) groups excluding carboxylic acids is 2. The van der Waals surface area contributed by atoms with Crippen molar-refractivity contribution in [1.29, 1.82) is 0 Å². The second-order valence-electron chi connectivity index (χ2n) is 5.11. The Morgan fingerprint density at radius 3 is 2.38 bits per heavy atom. The van der Waals surface area contributed by atoms with Gasteiger partial charge in [0.15, 0.2) is 0 Å². The maximum Gasteiger partial charge on any atom is 0.369 e. The number of halogens is 3. The Labute approximate surface area is 140 Å².